The van der Waals surface area contributed by atoms with E-state index in [1.54, 1.807) is 0 Å². The number of nitrogens with zero attached hydrogens (tertiary/aromatic N) is 2. The van der Waals surface area contributed by atoms with Crippen LogP contribution in [-0.4, -0.2) is 9.97 Å². The molecule has 0 fully saturated rings. The van der Waals surface area contributed by atoms with Gasteiger partial charge in [0.1, 0.15) is 11.6 Å². The largest absolute Gasteiger partial charge is 0.383 e. The molecule has 1 heterocycles. The molecular weight excluding hydrogens is 242 g/mol. The van der Waals surface area contributed by atoms with Crippen LogP contribution in [0.3, 0.4) is 0 Å². The molecule has 1 aromatic heterocycles. The normalized spacial score (nSPS) is 10.5. The first-order chi connectivity index (χ1) is 6.69. The SMILES string of the molecule is CCCc1nc(N)c(Br)c(CCC)n1. The van der Waals surface area contributed by atoms with E-state index in [1.807, 2.05) is 0 Å². The van der Waals surface area contributed by atoms with Crippen LogP contribution in [0.5, 0.6) is 0 Å². The zero-order valence-electron chi connectivity index (χ0n) is 8.68. The van der Waals surface area contributed by atoms with E-state index in [-0.39, 0.29) is 0 Å². The lowest BCUT2D eigenvalue weighted by Crippen LogP contribution is -2.05. The third-order valence-corrected chi connectivity index (χ3v) is 2.82. The fraction of sp³-hybridized carbons (Fsp3) is 0.600. The quantitative estimate of drug-likeness (QED) is 0.903. The minimum absolute atomic E-state index is 0.562. The van der Waals surface area contributed by atoms with Crippen molar-refractivity contribution in [1.82, 2.24) is 9.97 Å². The minimum Gasteiger partial charge on any atom is -0.383 e. The molecule has 0 aromatic carbocycles. The van der Waals surface area contributed by atoms with Crippen LogP contribution in [0.15, 0.2) is 4.47 Å². The molecule has 0 amide bonds. The van der Waals surface area contributed by atoms with Crippen molar-refractivity contribution in [3.8, 4) is 0 Å². The van der Waals surface area contributed by atoms with Crippen LogP contribution in [-0.2, 0) is 12.8 Å². The second-order valence-electron chi connectivity index (χ2n) is 3.29. The molecule has 0 aliphatic rings. The molecule has 0 saturated carbocycles. The maximum absolute atomic E-state index is 5.78. The molecule has 78 valence electrons. The predicted molar refractivity (Wildman–Crippen MR) is 62.1 cm³/mol. The van der Waals surface area contributed by atoms with Gasteiger partial charge in [-0.2, -0.15) is 0 Å². The smallest absolute Gasteiger partial charge is 0.141 e. The van der Waals surface area contributed by atoms with Gasteiger partial charge in [-0.3, -0.25) is 0 Å². The average molecular weight is 258 g/mol. The Labute approximate surface area is 93.3 Å². The Morgan fingerprint density at radius 1 is 1.14 bits per heavy atom. The van der Waals surface area contributed by atoms with Gasteiger partial charge in [0.2, 0.25) is 0 Å². The Hall–Kier alpha value is -0.640. The zero-order valence-corrected chi connectivity index (χ0v) is 10.3. The van der Waals surface area contributed by atoms with Gasteiger partial charge in [0, 0.05) is 6.42 Å². The topological polar surface area (TPSA) is 51.8 Å². The summed E-state index contributed by atoms with van der Waals surface area (Å²) in [5.74, 6) is 1.42. The van der Waals surface area contributed by atoms with Crippen LogP contribution in [0.2, 0.25) is 0 Å². The standard InChI is InChI=1S/C10H16BrN3/c1-3-5-7-9(11)10(12)14-8(13-7)6-4-2/h3-6H2,1-2H3,(H2,12,13,14). The summed E-state index contributed by atoms with van der Waals surface area (Å²) in [4.78, 5) is 8.70. The molecule has 14 heavy (non-hydrogen) atoms. The van der Waals surface area contributed by atoms with Gasteiger partial charge >= 0.3 is 0 Å². The number of nitrogens with two attached hydrogens (primary N) is 1. The van der Waals surface area contributed by atoms with Gasteiger partial charge < -0.3 is 5.73 Å². The molecule has 0 spiro atoms. The molecule has 1 aromatic rings. The monoisotopic (exact) mass is 257 g/mol. The van der Waals surface area contributed by atoms with Gasteiger partial charge in [0.05, 0.1) is 10.2 Å². The van der Waals surface area contributed by atoms with E-state index < -0.39 is 0 Å². The van der Waals surface area contributed by atoms with Crippen LogP contribution in [0.1, 0.15) is 38.2 Å². The number of hydrogen-bond acceptors (Lipinski definition) is 3. The summed E-state index contributed by atoms with van der Waals surface area (Å²) in [5, 5.41) is 0. The van der Waals surface area contributed by atoms with Crippen LogP contribution >= 0.6 is 15.9 Å². The summed E-state index contributed by atoms with van der Waals surface area (Å²) in [6.45, 7) is 4.24. The van der Waals surface area contributed by atoms with Crippen LogP contribution < -0.4 is 5.73 Å². The fourth-order valence-corrected chi connectivity index (χ4v) is 1.68. The van der Waals surface area contributed by atoms with E-state index in [9.17, 15) is 0 Å². The first kappa shape index (κ1) is 11.4. The van der Waals surface area contributed by atoms with E-state index in [1.165, 1.54) is 0 Å². The number of aromatic nitrogens is 2. The highest BCUT2D eigenvalue weighted by molar-refractivity contribution is 9.10. The Morgan fingerprint density at radius 2 is 1.79 bits per heavy atom. The van der Waals surface area contributed by atoms with Crippen molar-refractivity contribution < 1.29 is 0 Å². The summed E-state index contributed by atoms with van der Waals surface area (Å²) < 4.78 is 0.860. The first-order valence-corrected chi connectivity index (χ1v) is 5.79. The van der Waals surface area contributed by atoms with E-state index in [2.05, 4.69) is 39.7 Å². The molecule has 4 heteroatoms. The Morgan fingerprint density at radius 3 is 2.36 bits per heavy atom. The summed E-state index contributed by atoms with van der Waals surface area (Å²) in [7, 11) is 0. The van der Waals surface area contributed by atoms with Crippen LogP contribution in [0, 0.1) is 0 Å². The molecule has 1 rings (SSSR count). The maximum Gasteiger partial charge on any atom is 0.141 e. The van der Waals surface area contributed by atoms with E-state index >= 15 is 0 Å². The molecule has 0 aliphatic carbocycles. The van der Waals surface area contributed by atoms with Crippen molar-refractivity contribution >= 4 is 21.7 Å². The predicted octanol–water partition coefficient (Wildman–Crippen LogP) is 2.73. The second kappa shape index (κ2) is 5.29. The molecule has 0 bridgehead atoms. The van der Waals surface area contributed by atoms with Crippen LogP contribution in [0.4, 0.5) is 5.82 Å². The van der Waals surface area contributed by atoms with E-state index in [0.29, 0.717) is 5.82 Å². The summed E-state index contributed by atoms with van der Waals surface area (Å²) in [6.07, 6.45) is 3.96. The lowest BCUT2D eigenvalue weighted by atomic mass is 10.2. The fourth-order valence-electron chi connectivity index (χ4n) is 1.30. The van der Waals surface area contributed by atoms with Gasteiger partial charge in [-0.15, -0.1) is 0 Å². The van der Waals surface area contributed by atoms with Crippen molar-refractivity contribution in [3.05, 3.63) is 16.0 Å². The van der Waals surface area contributed by atoms with Crippen molar-refractivity contribution in [2.45, 2.75) is 39.5 Å². The zero-order chi connectivity index (χ0) is 10.6. The van der Waals surface area contributed by atoms with Crippen molar-refractivity contribution in [2.24, 2.45) is 0 Å². The van der Waals surface area contributed by atoms with E-state index in [4.69, 9.17) is 5.73 Å². The number of aryl methyl sites for hydroxylation is 2. The molecular formula is C10H16BrN3. The number of hydrogen-bond donors (Lipinski definition) is 1. The summed E-state index contributed by atoms with van der Waals surface area (Å²) in [5.41, 5.74) is 6.81. The molecule has 0 aliphatic heterocycles. The Bertz CT molecular complexity index is 312. The van der Waals surface area contributed by atoms with Gasteiger partial charge in [-0.25, -0.2) is 9.97 Å². The molecule has 0 saturated heterocycles. The maximum atomic E-state index is 5.78. The summed E-state index contributed by atoms with van der Waals surface area (Å²) in [6, 6.07) is 0. The minimum atomic E-state index is 0.562. The van der Waals surface area contributed by atoms with Gasteiger partial charge in [-0.1, -0.05) is 20.3 Å². The molecule has 3 nitrogen and oxygen atoms in total. The van der Waals surface area contributed by atoms with Crippen molar-refractivity contribution in [2.75, 3.05) is 5.73 Å². The third-order valence-electron chi connectivity index (χ3n) is 1.95. The van der Waals surface area contributed by atoms with E-state index in [0.717, 1.165) is 41.7 Å². The lowest BCUT2D eigenvalue weighted by Gasteiger charge is -2.07. The van der Waals surface area contributed by atoms with Gasteiger partial charge in [0.25, 0.3) is 0 Å². The highest BCUT2D eigenvalue weighted by atomic mass is 79.9. The number of anilines is 1. The number of halogens is 1. The van der Waals surface area contributed by atoms with Gasteiger partial charge in [-0.05, 0) is 28.8 Å². The Kier molecular flexibility index (Phi) is 4.32. The first-order valence-electron chi connectivity index (χ1n) is 4.99. The van der Waals surface area contributed by atoms with Gasteiger partial charge in [0.15, 0.2) is 0 Å². The number of nitrogen functional groups attached to an aromatic ring is 1. The van der Waals surface area contributed by atoms with Crippen molar-refractivity contribution in [1.29, 1.82) is 0 Å². The molecule has 0 unspecified atom stereocenters. The second-order valence-corrected chi connectivity index (χ2v) is 4.08. The molecule has 2 N–H and O–H groups in total. The Balaban J connectivity index is 3.01. The highest BCUT2D eigenvalue weighted by Crippen LogP contribution is 2.22. The number of rotatable bonds is 4. The van der Waals surface area contributed by atoms with Crippen LogP contribution in [0.25, 0.3) is 0 Å². The third kappa shape index (κ3) is 2.67. The molecule has 0 atom stereocenters. The summed E-state index contributed by atoms with van der Waals surface area (Å²) >= 11 is 3.42. The molecule has 0 radical (unpaired) electrons. The van der Waals surface area contributed by atoms with Crippen molar-refractivity contribution in [3.63, 3.8) is 0 Å². The lowest BCUT2D eigenvalue weighted by molar-refractivity contribution is 0.792. The highest BCUT2D eigenvalue weighted by Gasteiger charge is 2.08. The average Bonchev–Trinajstić information content (AvgIpc) is 2.14.